The van der Waals surface area contributed by atoms with Crippen molar-refractivity contribution in [3.05, 3.63) is 98.1 Å². The van der Waals surface area contributed by atoms with Crippen LogP contribution in [-0.4, -0.2) is 14.4 Å². The number of nitro benzene ring substituents is 2. The minimum atomic E-state index is -0.414. The summed E-state index contributed by atoms with van der Waals surface area (Å²) >= 11 is 0. The fraction of sp³-hybridized carbons (Fsp3) is 0.167. The van der Waals surface area contributed by atoms with Crippen molar-refractivity contribution in [2.45, 2.75) is 20.0 Å². The summed E-state index contributed by atoms with van der Waals surface area (Å²) in [5.41, 5.74) is 2.09. The molecule has 1 heterocycles. The van der Waals surface area contributed by atoms with E-state index in [9.17, 15) is 20.2 Å². The van der Waals surface area contributed by atoms with Gasteiger partial charge in [0.25, 0.3) is 17.2 Å². The molecule has 3 aromatic rings. The van der Waals surface area contributed by atoms with Gasteiger partial charge in [-0.15, -0.1) is 0 Å². The summed E-state index contributed by atoms with van der Waals surface area (Å²) in [4.78, 5) is 20.6. The second kappa shape index (κ2) is 7.14. The summed E-state index contributed by atoms with van der Waals surface area (Å²) in [5, 5.41) is 21.4. The van der Waals surface area contributed by atoms with Crippen LogP contribution in [0.15, 0.2) is 60.9 Å². The van der Waals surface area contributed by atoms with Crippen LogP contribution < -0.4 is 4.57 Å². The molecule has 0 radical (unpaired) electrons. The van der Waals surface area contributed by atoms with E-state index < -0.39 is 9.85 Å². The van der Waals surface area contributed by atoms with Gasteiger partial charge in [-0.2, -0.15) is 0 Å². The lowest BCUT2D eigenvalue weighted by Gasteiger charge is -2.03. The maximum atomic E-state index is 10.7. The molecule has 0 amide bonds. The zero-order chi connectivity index (χ0) is 18.7. The van der Waals surface area contributed by atoms with Gasteiger partial charge in [-0.3, -0.25) is 20.2 Å². The molecule has 1 aromatic heterocycles. The Labute approximate surface area is 149 Å². The van der Waals surface area contributed by atoms with Gasteiger partial charge < -0.3 is 0 Å². The van der Waals surface area contributed by atoms with Gasteiger partial charge in [-0.25, -0.2) is 9.13 Å². The van der Waals surface area contributed by atoms with E-state index in [1.165, 1.54) is 24.3 Å². The molecule has 8 heteroatoms. The van der Waals surface area contributed by atoms with E-state index >= 15 is 0 Å². The molecule has 0 unspecified atom stereocenters. The smallest absolute Gasteiger partial charge is 0.258 e. The third-order valence-electron chi connectivity index (χ3n) is 4.26. The summed E-state index contributed by atoms with van der Waals surface area (Å²) in [6.07, 6.45) is 3.89. The molecule has 0 aliphatic rings. The van der Waals surface area contributed by atoms with E-state index in [1.807, 2.05) is 28.5 Å². The molecule has 0 fully saturated rings. The number of imidazole rings is 1. The molecule has 0 bridgehead atoms. The van der Waals surface area contributed by atoms with Gasteiger partial charge in [-0.1, -0.05) is 0 Å². The third-order valence-corrected chi connectivity index (χ3v) is 4.26. The lowest BCUT2D eigenvalue weighted by Crippen LogP contribution is -2.36. The normalized spacial score (nSPS) is 10.7. The number of hydrogen-bond acceptors (Lipinski definition) is 4. The average Bonchev–Trinajstić information content (AvgIpc) is 2.96. The highest BCUT2D eigenvalue weighted by molar-refractivity contribution is 5.33. The van der Waals surface area contributed by atoms with E-state index in [0.717, 1.165) is 17.0 Å². The van der Waals surface area contributed by atoms with Gasteiger partial charge in [0.05, 0.1) is 9.85 Å². The SMILES string of the molecule is Cc1n(Cc2ccc([N+](=O)[O-])cc2)cc[n+]1Cc1ccc([N+](=O)[O-])cc1. The largest absolute Gasteiger partial charge is 0.269 e. The van der Waals surface area contributed by atoms with Crippen molar-refractivity contribution < 1.29 is 14.4 Å². The first-order valence-corrected chi connectivity index (χ1v) is 7.96. The number of non-ortho nitro benzene ring substituents is 2. The van der Waals surface area contributed by atoms with Crippen molar-refractivity contribution in [2.75, 3.05) is 0 Å². The Balaban J connectivity index is 1.73. The van der Waals surface area contributed by atoms with Gasteiger partial charge in [0.1, 0.15) is 25.5 Å². The Hall–Kier alpha value is -3.55. The van der Waals surface area contributed by atoms with Gasteiger partial charge in [-0.05, 0) is 35.4 Å². The maximum absolute atomic E-state index is 10.7. The molecule has 0 saturated carbocycles. The zero-order valence-electron chi connectivity index (χ0n) is 14.1. The van der Waals surface area contributed by atoms with Crippen molar-refractivity contribution in [3.63, 3.8) is 0 Å². The molecular weight excluding hydrogens is 336 g/mol. The fourth-order valence-corrected chi connectivity index (χ4v) is 2.72. The zero-order valence-corrected chi connectivity index (χ0v) is 14.1. The second-order valence-electron chi connectivity index (χ2n) is 5.95. The minimum absolute atomic E-state index is 0.0752. The number of nitrogens with zero attached hydrogens (tertiary/aromatic N) is 4. The van der Waals surface area contributed by atoms with E-state index in [0.29, 0.717) is 13.1 Å². The highest BCUT2D eigenvalue weighted by Crippen LogP contribution is 2.14. The van der Waals surface area contributed by atoms with Gasteiger partial charge in [0.15, 0.2) is 0 Å². The van der Waals surface area contributed by atoms with Crippen LogP contribution in [0.1, 0.15) is 17.0 Å². The Morgan fingerprint density at radius 1 is 0.885 bits per heavy atom. The predicted molar refractivity (Wildman–Crippen MR) is 93.8 cm³/mol. The van der Waals surface area contributed by atoms with Crippen LogP contribution in [0.2, 0.25) is 0 Å². The first-order chi connectivity index (χ1) is 12.4. The van der Waals surface area contributed by atoms with E-state index in [4.69, 9.17) is 0 Å². The van der Waals surface area contributed by atoms with Gasteiger partial charge >= 0.3 is 0 Å². The van der Waals surface area contributed by atoms with Crippen LogP contribution in [0.25, 0.3) is 0 Å². The van der Waals surface area contributed by atoms with E-state index in [2.05, 4.69) is 0 Å². The summed E-state index contributed by atoms with van der Waals surface area (Å²) in [6.45, 7) is 3.20. The summed E-state index contributed by atoms with van der Waals surface area (Å²) in [5.74, 6) is 1.02. The molecule has 0 N–H and O–H groups in total. The fourth-order valence-electron chi connectivity index (χ4n) is 2.72. The van der Waals surface area contributed by atoms with Crippen molar-refractivity contribution in [1.82, 2.24) is 4.57 Å². The van der Waals surface area contributed by atoms with Crippen LogP contribution in [0.3, 0.4) is 0 Å². The molecule has 0 saturated heterocycles. The monoisotopic (exact) mass is 353 g/mol. The first kappa shape index (κ1) is 17.3. The highest BCUT2D eigenvalue weighted by Gasteiger charge is 2.14. The lowest BCUT2D eigenvalue weighted by atomic mass is 10.2. The Morgan fingerprint density at radius 3 is 1.88 bits per heavy atom. The topological polar surface area (TPSA) is 95.1 Å². The summed E-state index contributed by atoms with van der Waals surface area (Å²) in [6, 6.07) is 13.0. The maximum Gasteiger partial charge on any atom is 0.269 e. The highest BCUT2D eigenvalue weighted by atomic mass is 16.6. The van der Waals surface area contributed by atoms with Crippen molar-refractivity contribution in [3.8, 4) is 0 Å². The van der Waals surface area contributed by atoms with E-state index in [-0.39, 0.29) is 11.4 Å². The van der Waals surface area contributed by atoms with Crippen LogP contribution in [-0.2, 0) is 13.1 Å². The van der Waals surface area contributed by atoms with Crippen LogP contribution >= 0.6 is 0 Å². The number of nitro groups is 2. The summed E-state index contributed by atoms with van der Waals surface area (Å²) < 4.78 is 4.10. The number of benzene rings is 2. The van der Waals surface area contributed by atoms with Gasteiger partial charge in [0, 0.05) is 31.2 Å². The minimum Gasteiger partial charge on any atom is -0.258 e. The molecule has 0 aliphatic heterocycles. The van der Waals surface area contributed by atoms with Gasteiger partial charge in [0.2, 0.25) is 0 Å². The standard InChI is InChI=1S/C18H17N4O4/c1-14-19(12-15-2-6-17(7-3-15)21(23)24)10-11-20(14)13-16-4-8-18(9-5-16)22(25)26/h2-11H,12-13H2,1H3/q+1. The van der Waals surface area contributed by atoms with Crippen molar-refractivity contribution >= 4 is 11.4 Å². The predicted octanol–water partition coefficient (Wildman–Crippen LogP) is 3.00. The number of hydrogen-bond donors (Lipinski definition) is 0. The molecule has 0 atom stereocenters. The molecule has 0 aliphatic carbocycles. The first-order valence-electron chi connectivity index (χ1n) is 7.96. The molecular formula is C18H17N4O4+. The molecule has 0 spiro atoms. The molecule has 2 aromatic carbocycles. The quantitative estimate of drug-likeness (QED) is 0.387. The van der Waals surface area contributed by atoms with Crippen molar-refractivity contribution in [2.24, 2.45) is 0 Å². The molecule has 132 valence electrons. The van der Waals surface area contributed by atoms with Crippen molar-refractivity contribution in [1.29, 1.82) is 0 Å². The molecule has 3 rings (SSSR count). The van der Waals surface area contributed by atoms with Crippen LogP contribution in [0.4, 0.5) is 11.4 Å². The number of rotatable bonds is 6. The van der Waals surface area contributed by atoms with E-state index in [1.54, 1.807) is 24.3 Å². The lowest BCUT2D eigenvalue weighted by molar-refractivity contribution is -0.693. The second-order valence-corrected chi connectivity index (χ2v) is 5.95. The average molecular weight is 353 g/mol. The Morgan fingerprint density at radius 2 is 1.38 bits per heavy atom. The third kappa shape index (κ3) is 3.75. The number of aromatic nitrogens is 2. The molecule has 26 heavy (non-hydrogen) atoms. The molecule has 8 nitrogen and oxygen atoms in total. The Kier molecular flexibility index (Phi) is 4.74. The van der Waals surface area contributed by atoms with Crippen LogP contribution in [0.5, 0.6) is 0 Å². The Bertz CT molecular complexity index is 869. The summed E-state index contributed by atoms with van der Waals surface area (Å²) in [7, 11) is 0. The van der Waals surface area contributed by atoms with Crippen LogP contribution in [0, 0.1) is 27.2 Å².